The summed E-state index contributed by atoms with van der Waals surface area (Å²) in [6.07, 6.45) is 0. The van der Waals surface area contributed by atoms with Crippen molar-refractivity contribution in [1.82, 2.24) is 0 Å². The first-order valence-electron chi connectivity index (χ1n) is 5.87. The van der Waals surface area contributed by atoms with Crippen molar-refractivity contribution in [2.75, 3.05) is 12.4 Å². The van der Waals surface area contributed by atoms with Crippen LogP contribution >= 0.6 is 22.9 Å². The molecule has 4 nitrogen and oxygen atoms in total. The normalized spacial score (nSPS) is 10.3. The molecule has 0 atom stereocenters. The number of methoxy groups -OCH3 is 1. The lowest BCUT2D eigenvalue weighted by Gasteiger charge is -2.08. The van der Waals surface area contributed by atoms with Crippen molar-refractivity contribution in [1.29, 1.82) is 0 Å². The van der Waals surface area contributed by atoms with Crippen molar-refractivity contribution in [3.05, 3.63) is 50.4 Å². The molecule has 0 aliphatic rings. The predicted octanol–water partition coefficient (Wildman–Crippen LogP) is 3.89. The van der Waals surface area contributed by atoms with Crippen LogP contribution in [0.25, 0.3) is 0 Å². The van der Waals surface area contributed by atoms with Crippen LogP contribution in [0, 0.1) is 12.7 Å². The predicted molar refractivity (Wildman–Crippen MR) is 79.8 cm³/mol. The van der Waals surface area contributed by atoms with Gasteiger partial charge in [0, 0.05) is 5.02 Å². The van der Waals surface area contributed by atoms with E-state index in [-0.39, 0.29) is 15.5 Å². The molecule has 0 saturated carbocycles. The standard InChI is InChI=1S/C14H11ClFNO3S/c1-7-6-21-12(14(19)20-2)11(7)17-13(18)9-4-3-8(15)5-10(9)16/h3-6H,1-2H3,(H,17,18). The van der Waals surface area contributed by atoms with Crippen LogP contribution in [0.2, 0.25) is 5.02 Å². The Bertz CT molecular complexity index is 714. The molecule has 1 aromatic heterocycles. The van der Waals surface area contributed by atoms with E-state index in [9.17, 15) is 14.0 Å². The molecule has 0 spiro atoms. The van der Waals surface area contributed by atoms with Crippen LogP contribution in [-0.2, 0) is 4.74 Å². The number of aryl methyl sites for hydroxylation is 1. The van der Waals surface area contributed by atoms with Gasteiger partial charge in [-0.15, -0.1) is 11.3 Å². The molecule has 0 unspecified atom stereocenters. The van der Waals surface area contributed by atoms with Gasteiger partial charge in [-0.2, -0.15) is 0 Å². The summed E-state index contributed by atoms with van der Waals surface area (Å²) in [7, 11) is 1.25. The monoisotopic (exact) mass is 327 g/mol. The number of hydrogen-bond donors (Lipinski definition) is 1. The van der Waals surface area contributed by atoms with E-state index >= 15 is 0 Å². The Morgan fingerprint density at radius 2 is 2.10 bits per heavy atom. The van der Waals surface area contributed by atoms with Gasteiger partial charge in [0.15, 0.2) is 0 Å². The van der Waals surface area contributed by atoms with E-state index in [1.54, 1.807) is 12.3 Å². The molecular formula is C14H11ClFNO3S. The van der Waals surface area contributed by atoms with Crippen LogP contribution in [0.3, 0.4) is 0 Å². The molecule has 1 aromatic carbocycles. The molecule has 1 N–H and O–H groups in total. The molecule has 0 saturated heterocycles. The van der Waals surface area contributed by atoms with Crippen molar-refractivity contribution in [2.24, 2.45) is 0 Å². The van der Waals surface area contributed by atoms with E-state index in [2.05, 4.69) is 10.1 Å². The Balaban J connectivity index is 2.32. The minimum Gasteiger partial charge on any atom is -0.465 e. The van der Waals surface area contributed by atoms with Crippen LogP contribution in [0.4, 0.5) is 10.1 Å². The zero-order chi connectivity index (χ0) is 15.6. The molecule has 7 heteroatoms. The van der Waals surface area contributed by atoms with Gasteiger partial charge < -0.3 is 10.1 Å². The first kappa shape index (κ1) is 15.5. The van der Waals surface area contributed by atoms with Crippen LogP contribution < -0.4 is 5.32 Å². The number of ether oxygens (including phenoxy) is 1. The summed E-state index contributed by atoms with van der Waals surface area (Å²) in [6.45, 7) is 1.73. The Hall–Kier alpha value is -1.92. The lowest BCUT2D eigenvalue weighted by atomic mass is 10.2. The molecule has 0 radical (unpaired) electrons. The Morgan fingerprint density at radius 3 is 2.71 bits per heavy atom. The van der Waals surface area contributed by atoms with Gasteiger partial charge in [0.1, 0.15) is 10.7 Å². The van der Waals surface area contributed by atoms with Crippen molar-refractivity contribution >= 4 is 40.5 Å². The number of hydrogen-bond acceptors (Lipinski definition) is 4. The number of rotatable bonds is 3. The second-order valence-corrected chi connectivity index (χ2v) is 5.51. The van der Waals surface area contributed by atoms with E-state index in [0.29, 0.717) is 11.3 Å². The van der Waals surface area contributed by atoms with Crippen molar-refractivity contribution in [3.8, 4) is 0 Å². The van der Waals surface area contributed by atoms with Crippen LogP contribution in [0.15, 0.2) is 23.6 Å². The highest BCUT2D eigenvalue weighted by Gasteiger charge is 2.20. The van der Waals surface area contributed by atoms with Crippen molar-refractivity contribution in [2.45, 2.75) is 6.92 Å². The topological polar surface area (TPSA) is 55.4 Å². The number of thiophene rings is 1. The van der Waals surface area contributed by atoms with Crippen molar-refractivity contribution in [3.63, 3.8) is 0 Å². The van der Waals surface area contributed by atoms with Gasteiger partial charge in [-0.05, 0) is 36.1 Å². The van der Waals surface area contributed by atoms with Gasteiger partial charge in [0.25, 0.3) is 5.91 Å². The third-order valence-corrected chi connectivity index (χ3v) is 4.07. The van der Waals surface area contributed by atoms with Gasteiger partial charge in [0.05, 0.1) is 18.4 Å². The molecule has 2 rings (SSSR count). The fourth-order valence-corrected chi connectivity index (χ4v) is 2.78. The summed E-state index contributed by atoms with van der Waals surface area (Å²) in [6, 6.07) is 3.76. The highest BCUT2D eigenvalue weighted by Crippen LogP contribution is 2.29. The van der Waals surface area contributed by atoms with Gasteiger partial charge >= 0.3 is 5.97 Å². The first-order valence-corrected chi connectivity index (χ1v) is 7.12. The molecule has 110 valence electrons. The van der Waals surface area contributed by atoms with E-state index in [0.717, 1.165) is 17.4 Å². The van der Waals surface area contributed by atoms with Crippen LogP contribution in [0.1, 0.15) is 25.6 Å². The fourth-order valence-electron chi connectivity index (χ4n) is 1.70. The van der Waals surface area contributed by atoms with Crippen LogP contribution in [-0.4, -0.2) is 19.0 Å². The summed E-state index contributed by atoms with van der Waals surface area (Å²) < 4.78 is 18.4. The molecule has 1 amide bonds. The Kier molecular flexibility index (Phi) is 4.59. The smallest absolute Gasteiger partial charge is 0.350 e. The maximum absolute atomic E-state index is 13.7. The van der Waals surface area contributed by atoms with Gasteiger partial charge in [0.2, 0.25) is 0 Å². The number of esters is 1. The van der Waals surface area contributed by atoms with Gasteiger partial charge in [-0.3, -0.25) is 4.79 Å². The van der Waals surface area contributed by atoms with Crippen LogP contribution in [0.5, 0.6) is 0 Å². The second-order valence-electron chi connectivity index (χ2n) is 4.19. The SMILES string of the molecule is COC(=O)c1scc(C)c1NC(=O)c1ccc(Cl)cc1F. The minimum absolute atomic E-state index is 0.152. The number of anilines is 1. The molecular weight excluding hydrogens is 317 g/mol. The molecule has 1 heterocycles. The quantitative estimate of drug-likeness (QED) is 0.870. The third-order valence-electron chi connectivity index (χ3n) is 2.76. The molecule has 2 aromatic rings. The van der Waals surface area contributed by atoms with Crippen molar-refractivity contribution < 1.29 is 18.7 Å². The molecule has 0 fully saturated rings. The number of nitrogens with one attached hydrogen (secondary N) is 1. The summed E-state index contributed by atoms with van der Waals surface area (Å²) in [5.41, 5.74) is 0.870. The summed E-state index contributed by atoms with van der Waals surface area (Å²) in [5, 5.41) is 4.45. The number of halogens is 2. The largest absolute Gasteiger partial charge is 0.465 e. The number of benzene rings is 1. The summed E-state index contributed by atoms with van der Waals surface area (Å²) in [5.74, 6) is -1.94. The highest BCUT2D eigenvalue weighted by molar-refractivity contribution is 7.12. The number of carbonyl (C=O) groups excluding carboxylic acids is 2. The molecule has 21 heavy (non-hydrogen) atoms. The maximum atomic E-state index is 13.7. The van der Waals surface area contributed by atoms with E-state index < -0.39 is 17.7 Å². The van der Waals surface area contributed by atoms with E-state index in [4.69, 9.17) is 11.6 Å². The summed E-state index contributed by atoms with van der Waals surface area (Å²) >= 11 is 6.79. The minimum atomic E-state index is -0.729. The maximum Gasteiger partial charge on any atom is 0.350 e. The van der Waals surface area contributed by atoms with E-state index in [1.165, 1.54) is 19.2 Å². The molecule has 0 aliphatic heterocycles. The Morgan fingerprint density at radius 1 is 1.38 bits per heavy atom. The zero-order valence-electron chi connectivity index (χ0n) is 11.2. The van der Waals surface area contributed by atoms with Gasteiger partial charge in [-0.25, -0.2) is 9.18 Å². The third kappa shape index (κ3) is 3.22. The number of carbonyl (C=O) groups is 2. The highest BCUT2D eigenvalue weighted by atomic mass is 35.5. The first-order chi connectivity index (χ1) is 9.93. The zero-order valence-corrected chi connectivity index (χ0v) is 12.8. The Labute approximate surface area is 129 Å². The number of amides is 1. The van der Waals surface area contributed by atoms with Gasteiger partial charge in [-0.1, -0.05) is 11.6 Å². The second kappa shape index (κ2) is 6.24. The molecule has 0 bridgehead atoms. The average molecular weight is 328 g/mol. The van der Waals surface area contributed by atoms with E-state index in [1.807, 2.05) is 0 Å². The lowest BCUT2D eigenvalue weighted by Crippen LogP contribution is -2.16. The average Bonchev–Trinajstić information content (AvgIpc) is 2.79. The summed E-state index contributed by atoms with van der Waals surface area (Å²) in [4.78, 5) is 24.0. The lowest BCUT2D eigenvalue weighted by molar-refractivity contribution is 0.0607. The molecule has 0 aliphatic carbocycles. The fraction of sp³-hybridized carbons (Fsp3) is 0.143.